The van der Waals surface area contributed by atoms with Crippen LogP contribution in [-0.2, 0) is 18.0 Å². The highest BCUT2D eigenvalue weighted by molar-refractivity contribution is 7.60. The van der Waals surface area contributed by atoms with Crippen molar-refractivity contribution in [3.8, 4) is 0 Å². The summed E-state index contributed by atoms with van der Waals surface area (Å²) in [7, 11) is -10.8. The van der Waals surface area contributed by atoms with Crippen molar-refractivity contribution in [2.45, 2.75) is 36.6 Å². The second kappa shape index (κ2) is 6.05. The molecule has 0 aromatic carbocycles. The number of hydrogen-bond donors (Lipinski definition) is 8. The van der Waals surface area contributed by atoms with Crippen LogP contribution in [0.4, 0.5) is 0 Å². The molecule has 1 rings (SSSR count). The maximum absolute atomic E-state index is 11.3. The molecule has 20 heavy (non-hydrogen) atoms. The molecule has 0 aromatic rings. The van der Waals surface area contributed by atoms with Crippen LogP contribution >= 0.6 is 15.6 Å². The molecule has 0 bridgehead atoms. The lowest BCUT2D eigenvalue weighted by molar-refractivity contribution is -0.219. The largest absolute Gasteiger partial charge is 0.481 e. The number of hydrogen-bond acceptors (Lipinski definition) is 9. The van der Waals surface area contributed by atoms with E-state index >= 15 is 0 Å². The van der Waals surface area contributed by atoms with Gasteiger partial charge in [0.25, 0.3) is 0 Å². The first-order chi connectivity index (χ1) is 8.86. The fourth-order valence-electron chi connectivity index (χ4n) is 1.63. The van der Waals surface area contributed by atoms with Crippen molar-refractivity contribution in [1.29, 1.82) is 0 Å². The van der Waals surface area contributed by atoms with Crippen LogP contribution in [0.2, 0.25) is 0 Å². The summed E-state index contributed by atoms with van der Waals surface area (Å²) in [4.78, 5) is 25.8. The monoisotopic (exact) mass is 340 g/mol. The summed E-state index contributed by atoms with van der Waals surface area (Å²) >= 11 is 0. The second-order valence-corrected chi connectivity index (χ2v) is 6.85. The third kappa shape index (κ3) is 4.28. The predicted molar refractivity (Wildman–Crippen MR) is 57.9 cm³/mol. The van der Waals surface area contributed by atoms with E-state index in [0.717, 1.165) is 0 Å². The Labute approximate surface area is 111 Å². The van der Waals surface area contributed by atoms with Gasteiger partial charge in [-0.3, -0.25) is 4.52 Å². The maximum atomic E-state index is 11.3. The molecular formula is C6H14O12P2. The van der Waals surface area contributed by atoms with Crippen LogP contribution in [0, 0.1) is 0 Å². The van der Waals surface area contributed by atoms with Crippen LogP contribution in [-0.4, -0.2) is 76.8 Å². The Bertz CT molecular complexity index is 418. The van der Waals surface area contributed by atoms with E-state index in [2.05, 4.69) is 8.83 Å². The quantitative estimate of drug-likeness (QED) is 0.233. The van der Waals surface area contributed by atoms with E-state index in [1.54, 1.807) is 0 Å². The first-order valence-corrected chi connectivity index (χ1v) is 8.07. The van der Waals surface area contributed by atoms with Gasteiger partial charge in [0.15, 0.2) is 0 Å². The number of phosphoric acid groups is 2. The number of aliphatic hydroxyl groups is 5. The smallest absolute Gasteiger partial charge is 0.387 e. The molecule has 14 heteroatoms. The Hall–Kier alpha value is 0.0600. The van der Waals surface area contributed by atoms with Crippen molar-refractivity contribution in [1.82, 2.24) is 0 Å². The molecule has 0 aliphatic heterocycles. The highest BCUT2D eigenvalue weighted by atomic mass is 31.3. The summed E-state index contributed by atoms with van der Waals surface area (Å²) in [5, 5.41) is 46.8. The SMILES string of the molecule is O=P(O)(O)OP(=O)(O)O[C@@H]1[C@@H](O)[C@H](O)[C@@H](O)[C@H](O)[C@@H]1O. The van der Waals surface area contributed by atoms with Gasteiger partial charge in [-0.2, -0.15) is 4.31 Å². The van der Waals surface area contributed by atoms with Crippen molar-refractivity contribution < 1.29 is 58.2 Å². The van der Waals surface area contributed by atoms with Crippen molar-refractivity contribution in [3.63, 3.8) is 0 Å². The molecule has 0 aromatic heterocycles. The highest BCUT2D eigenvalue weighted by Gasteiger charge is 2.52. The average molecular weight is 340 g/mol. The van der Waals surface area contributed by atoms with E-state index in [-0.39, 0.29) is 0 Å². The van der Waals surface area contributed by atoms with Gasteiger partial charge in [-0.1, -0.05) is 0 Å². The molecule has 7 atom stereocenters. The van der Waals surface area contributed by atoms with E-state index in [1.165, 1.54) is 0 Å². The average Bonchev–Trinajstić information content (AvgIpc) is 2.26. The van der Waals surface area contributed by atoms with Gasteiger partial charge in [0, 0.05) is 0 Å². The van der Waals surface area contributed by atoms with E-state index in [1.807, 2.05) is 0 Å². The zero-order chi connectivity index (χ0) is 15.9. The molecule has 120 valence electrons. The molecule has 1 saturated carbocycles. The maximum Gasteiger partial charge on any atom is 0.481 e. The van der Waals surface area contributed by atoms with Gasteiger partial charge in [-0.15, -0.1) is 0 Å². The topological polar surface area (TPSA) is 214 Å². The number of phosphoric ester groups is 1. The van der Waals surface area contributed by atoms with Gasteiger partial charge >= 0.3 is 15.6 Å². The van der Waals surface area contributed by atoms with Crippen LogP contribution in [0.15, 0.2) is 0 Å². The molecule has 12 nitrogen and oxygen atoms in total. The normalized spacial score (nSPS) is 42.2. The van der Waals surface area contributed by atoms with E-state index in [0.29, 0.717) is 0 Å². The van der Waals surface area contributed by atoms with Crippen molar-refractivity contribution >= 4 is 15.6 Å². The second-order valence-electron chi connectivity index (χ2n) is 4.06. The zero-order valence-corrected chi connectivity index (χ0v) is 11.4. The van der Waals surface area contributed by atoms with E-state index in [9.17, 15) is 34.7 Å². The Morgan fingerprint density at radius 1 is 0.700 bits per heavy atom. The molecule has 0 heterocycles. The summed E-state index contributed by atoms with van der Waals surface area (Å²) in [6, 6.07) is 0. The molecule has 8 N–H and O–H groups in total. The summed E-state index contributed by atoms with van der Waals surface area (Å²) in [5.41, 5.74) is 0. The Balaban J connectivity index is 2.90. The molecule has 1 aliphatic rings. The third-order valence-electron chi connectivity index (χ3n) is 2.54. The first kappa shape index (κ1) is 18.1. The summed E-state index contributed by atoms with van der Waals surface area (Å²) < 4.78 is 29.2. The summed E-state index contributed by atoms with van der Waals surface area (Å²) in [6.45, 7) is 0. The minimum Gasteiger partial charge on any atom is -0.387 e. The molecule has 0 saturated heterocycles. The van der Waals surface area contributed by atoms with Gasteiger partial charge < -0.3 is 40.2 Å². The first-order valence-electron chi connectivity index (χ1n) is 5.04. The fourth-order valence-corrected chi connectivity index (χ4v) is 3.42. The van der Waals surface area contributed by atoms with Gasteiger partial charge in [0.1, 0.15) is 36.6 Å². The van der Waals surface area contributed by atoms with Gasteiger partial charge in [0.2, 0.25) is 0 Å². The molecule has 0 amide bonds. The Morgan fingerprint density at radius 3 is 1.40 bits per heavy atom. The zero-order valence-electron chi connectivity index (χ0n) is 9.57. The molecule has 1 unspecified atom stereocenters. The molecular weight excluding hydrogens is 326 g/mol. The van der Waals surface area contributed by atoms with E-state index in [4.69, 9.17) is 14.7 Å². The third-order valence-corrected chi connectivity index (χ3v) is 4.72. The molecule has 1 aliphatic carbocycles. The van der Waals surface area contributed by atoms with Crippen LogP contribution in [0.3, 0.4) is 0 Å². The van der Waals surface area contributed by atoms with Crippen LogP contribution in [0.1, 0.15) is 0 Å². The molecule has 1 fully saturated rings. The highest BCUT2D eigenvalue weighted by Crippen LogP contribution is 2.58. The lowest BCUT2D eigenvalue weighted by atomic mass is 9.85. The molecule has 0 spiro atoms. The van der Waals surface area contributed by atoms with Crippen molar-refractivity contribution in [2.75, 3.05) is 0 Å². The van der Waals surface area contributed by atoms with E-state index < -0.39 is 52.3 Å². The van der Waals surface area contributed by atoms with Gasteiger partial charge in [0.05, 0.1) is 0 Å². The number of rotatable bonds is 4. The summed E-state index contributed by atoms with van der Waals surface area (Å²) in [6.07, 6.45) is -12.4. The standard InChI is InChI=1S/C6H14O12P2/c7-1-2(8)4(10)6(5(11)3(1)9)17-20(15,16)18-19(12,13)14/h1-11H,(H,15,16)(H2,12,13,14)/t1-,2-,3+,4-,5-,6-/m0/s1. The lowest BCUT2D eigenvalue weighted by Crippen LogP contribution is -2.64. The number of aliphatic hydroxyl groups excluding tert-OH is 5. The van der Waals surface area contributed by atoms with Crippen molar-refractivity contribution in [3.05, 3.63) is 0 Å². The molecule has 0 radical (unpaired) electrons. The Morgan fingerprint density at radius 2 is 1.05 bits per heavy atom. The van der Waals surface area contributed by atoms with Crippen LogP contribution < -0.4 is 0 Å². The fraction of sp³-hybridized carbons (Fsp3) is 1.00. The minimum absolute atomic E-state index is 1.96. The van der Waals surface area contributed by atoms with Crippen LogP contribution in [0.25, 0.3) is 0 Å². The Kier molecular flexibility index (Phi) is 5.48. The predicted octanol–water partition coefficient (Wildman–Crippen LogP) is -3.60. The lowest BCUT2D eigenvalue weighted by Gasteiger charge is -2.41. The van der Waals surface area contributed by atoms with Crippen LogP contribution in [0.5, 0.6) is 0 Å². The minimum atomic E-state index is -5.42. The summed E-state index contributed by atoms with van der Waals surface area (Å²) in [5.74, 6) is 0. The van der Waals surface area contributed by atoms with Crippen molar-refractivity contribution in [2.24, 2.45) is 0 Å². The van der Waals surface area contributed by atoms with Gasteiger partial charge in [-0.05, 0) is 0 Å². The van der Waals surface area contributed by atoms with Gasteiger partial charge in [-0.25, -0.2) is 9.13 Å².